The number of carboxylic acids is 1. The van der Waals surface area contributed by atoms with Gasteiger partial charge in [-0.2, -0.15) is 8.42 Å². The Balaban J connectivity index is 0. The molecule has 8 heteroatoms. The van der Waals surface area contributed by atoms with Gasteiger partial charge >= 0.3 is 16.4 Å². The zero-order chi connectivity index (χ0) is 19.0. The fraction of sp³-hybridized carbons (Fsp3) is 0.944. The molecule has 0 saturated carbocycles. The Morgan fingerprint density at radius 2 is 1.27 bits per heavy atom. The summed E-state index contributed by atoms with van der Waals surface area (Å²) in [5, 5.41) is 8.56. The maximum absolute atomic E-state index is 11.0. The molecule has 0 bridgehead atoms. The summed E-state index contributed by atoms with van der Waals surface area (Å²) < 4.78 is 35.6. The number of hydrogen-bond donors (Lipinski definition) is 2. The van der Waals surface area contributed by atoms with Gasteiger partial charge < -0.3 is 5.11 Å². The molecule has 0 aromatic heterocycles. The third-order valence-electron chi connectivity index (χ3n) is 4.30. The molecule has 0 rings (SSSR count). The first-order valence-corrected chi connectivity index (χ1v) is 11.1. The Kier molecular flexibility index (Phi) is 20.5. The van der Waals surface area contributed by atoms with Gasteiger partial charge in [0.05, 0.1) is 6.10 Å². The molecule has 0 aliphatic carbocycles. The van der Waals surface area contributed by atoms with Crippen molar-refractivity contribution < 1.29 is 27.1 Å². The largest absolute Gasteiger partial charge is 0.481 e. The van der Waals surface area contributed by atoms with Crippen molar-refractivity contribution in [1.82, 2.24) is 0 Å². The molecule has 1 unspecified atom stereocenters. The maximum atomic E-state index is 11.0. The molecular weight excluding hydrogens is 367 g/mol. The van der Waals surface area contributed by atoms with Gasteiger partial charge in [0.15, 0.2) is 0 Å². The van der Waals surface area contributed by atoms with E-state index in [0.717, 1.165) is 44.9 Å². The Hall–Kier alpha value is 0.340. The van der Waals surface area contributed by atoms with Crippen molar-refractivity contribution in [2.45, 2.75) is 109 Å². The van der Waals surface area contributed by atoms with Crippen LogP contribution in [0.2, 0.25) is 0 Å². The molecule has 6 nitrogen and oxygen atoms in total. The molecule has 0 fully saturated rings. The maximum Gasteiger partial charge on any atom is 0.397 e. The second-order valence-corrected chi connectivity index (χ2v) is 7.80. The molecular formula is C18H36NaO6S. The average molecular weight is 404 g/mol. The predicted octanol–water partition coefficient (Wildman–Crippen LogP) is 4.75. The van der Waals surface area contributed by atoms with Gasteiger partial charge in [0, 0.05) is 36.0 Å². The van der Waals surface area contributed by atoms with E-state index in [1.165, 1.54) is 25.7 Å². The number of aliphatic carboxylic acids is 1. The van der Waals surface area contributed by atoms with Crippen LogP contribution >= 0.6 is 0 Å². The van der Waals surface area contributed by atoms with Gasteiger partial charge in [-0.25, -0.2) is 4.18 Å². The van der Waals surface area contributed by atoms with Crippen LogP contribution in [0.4, 0.5) is 0 Å². The van der Waals surface area contributed by atoms with Crippen molar-refractivity contribution in [3.8, 4) is 0 Å². The SMILES string of the molecule is CCCCCCCCCC(CCCCCCCC(=O)O)OS(=O)(=O)O.[Na]. The van der Waals surface area contributed by atoms with Crippen LogP contribution in [0, 0.1) is 0 Å². The van der Waals surface area contributed by atoms with E-state index in [1.54, 1.807) is 0 Å². The molecule has 26 heavy (non-hydrogen) atoms. The minimum atomic E-state index is -4.40. The van der Waals surface area contributed by atoms with Gasteiger partial charge in [0.1, 0.15) is 0 Å². The third kappa shape index (κ3) is 22.4. The quantitative estimate of drug-likeness (QED) is 0.195. The first kappa shape index (κ1) is 28.5. The summed E-state index contributed by atoms with van der Waals surface area (Å²) in [6.45, 7) is 2.18. The van der Waals surface area contributed by atoms with Gasteiger partial charge in [-0.1, -0.05) is 77.6 Å². The van der Waals surface area contributed by atoms with Crippen LogP contribution in [0.5, 0.6) is 0 Å². The van der Waals surface area contributed by atoms with Gasteiger partial charge in [-0.05, 0) is 19.3 Å². The van der Waals surface area contributed by atoms with Crippen molar-refractivity contribution in [1.29, 1.82) is 0 Å². The van der Waals surface area contributed by atoms with E-state index in [2.05, 4.69) is 6.92 Å². The standard InChI is InChI=1S/C18H36O6S.Na/c1-2-3-4-5-6-8-11-14-17(24-25(21,22)23)15-12-9-7-10-13-16-18(19)20;/h17H,2-16H2,1H3,(H,19,20)(H,21,22,23);. The van der Waals surface area contributed by atoms with Crippen molar-refractivity contribution in [2.24, 2.45) is 0 Å². The fourth-order valence-corrected chi connectivity index (χ4v) is 3.46. The number of hydrogen-bond acceptors (Lipinski definition) is 4. The third-order valence-corrected chi connectivity index (χ3v) is 4.82. The van der Waals surface area contributed by atoms with Crippen LogP contribution in [-0.4, -0.2) is 59.7 Å². The monoisotopic (exact) mass is 403 g/mol. The normalized spacial score (nSPS) is 12.5. The molecule has 0 spiro atoms. The van der Waals surface area contributed by atoms with Crippen molar-refractivity contribution in [3.63, 3.8) is 0 Å². The summed E-state index contributed by atoms with van der Waals surface area (Å²) >= 11 is 0. The van der Waals surface area contributed by atoms with Crippen molar-refractivity contribution in [2.75, 3.05) is 0 Å². The van der Waals surface area contributed by atoms with Crippen LogP contribution in [-0.2, 0) is 19.4 Å². The van der Waals surface area contributed by atoms with Gasteiger partial charge in [-0.15, -0.1) is 0 Å². The van der Waals surface area contributed by atoms with E-state index < -0.39 is 22.5 Å². The van der Waals surface area contributed by atoms with E-state index in [-0.39, 0.29) is 36.0 Å². The van der Waals surface area contributed by atoms with Gasteiger partial charge in [0.25, 0.3) is 0 Å². The minimum Gasteiger partial charge on any atom is -0.481 e. The molecule has 0 heterocycles. The van der Waals surface area contributed by atoms with E-state index in [1.807, 2.05) is 0 Å². The summed E-state index contributed by atoms with van der Waals surface area (Å²) in [5.74, 6) is -0.767. The van der Waals surface area contributed by atoms with Crippen LogP contribution in [0.15, 0.2) is 0 Å². The smallest absolute Gasteiger partial charge is 0.397 e. The second-order valence-electron chi connectivity index (χ2n) is 6.76. The number of carboxylic acid groups (broad SMARTS) is 1. The average Bonchev–Trinajstić information content (AvgIpc) is 2.51. The van der Waals surface area contributed by atoms with Crippen LogP contribution in [0.1, 0.15) is 103 Å². The van der Waals surface area contributed by atoms with E-state index >= 15 is 0 Å². The van der Waals surface area contributed by atoms with Crippen molar-refractivity contribution >= 4 is 45.9 Å². The Morgan fingerprint density at radius 1 is 0.846 bits per heavy atom. The molecule has 151 valence electrons. The molecule has 0 aromatic rings. The second kappa shape index (κ2) is 18.7. The first-order valence-electron chi connectivity index (χ1n) is 9.72. The van der Waals surface area contributed by atoms with Crippen LogP contribution in [0.25, 0.3) is 0 Å². The zero-order valence-corrected chi connectivity index (χ0v) is 19.4. The minimum absolute atomic E-state index is 0. The topological polar surface area (TPSA) is 101 Å². The number of unbranched alkanes of at least 4 members (excludes halogenated alkanes) is 10. The predicted molar refractivity (Wildman–Crippen MR) is 105 cm³/mol. The molecule has 1 radical (unpaired) electrons. The Bertz CT molecular complexity index is 427. The molecule has 0 aliphatic rings. The van der Waals surface area contributed by atoms with E-state index in [4.69, 9.17) is 13.8 Å². The first-order chi connectivity index (χ1) is 11.8. The van der Waals surface area contributed by atoms with E-state index in [9.17, 15) is 13.2 Å². The molecule has 1 atom stereocenters. The summed E-state index contributed by atoms with van der Waals surface area (Å²) in [4.78, 5) is 10.4. The van der Waals surface area contributed by atoms with Crippen LogP contribution in [0.3, 0.4) is 0 Å². The van der Waals surface area contributed by atoms with Gasteiger partial charge in [-0.3, -0.25) is 9.35 Å². The Labute approximate surface area is 181 Å². The summed E-state index contributed by atoms with van der Waals surface area (Å²) in [6.07, 6.45) is 13.3. The summed E-state index contributed by atoms with van der Waals surface area (Å²) in [7, 11) is -4.40. The summed E-state index contributed by atoms with van der Waals surface area (Å²) in [6, 6.07) is 0. The molecule has 0 amide bonds. The van der Waals surface area contributed by atoms with Gasteiger partial charge in [0.2, 0.25) is 0 Å². The summed E-state index contributed by atoms with van der Waals surface area (Å²) in [5.41, 5.74) is 0. The van der Waals surface area contributed by atoms with Crippen LogP contribution < -0.4 is 0 Å². The molecule has 0 aliphatic heterocycles. The molecule has 0 aromatic carbocycles. The zero-order valence-electron chi connectivity index (χ0n) is 16.6. The number of rotatable bonds is 18. The molecule has 2 N–H and O–H groups in total. The van der Waals surface area contributed by atoms with Crippen molar-refractivity contribution in [3.05, 3.63) is 0 Å². The fourth-order valence-electron chi connectivity index (χ4n) is 2.92. The van der Waals surface area contributed by atoms with E-state index in [0.29, 0.717) is 19.3 Å². The molecule has 0 saturated heterocycles. The Morgan fingerprint density at radius 3 is 1.69 bits per heavy atom. The number of carbonyl (C=O) groups is 1.